The number of thiocarbonyl (C=S) groups is 1. The molecule has 1 aromatic heterocycles. The van der Waals surface area contributed by atoms with Crippen LogP contribution in [0.2, 0.25) is 0 Å². The van der Waals surface area contributed by atoms with E-state index in [0.29, 0.717) is 4.99 Å². The fraction of sp³-hybridized carbons (Fsp3) is 0.571. The van der Waals surface area contributed by atoms with Gasteiger partial charge < -0.3 is 15.4 Å². The third-order valence-electron chi connectivity index (χ3n) is 3.36. The summed E-state index contributed by atoms with van der Waals surface area (Å²) in [7, 11) is 0. The average molecular weight is 279 g/mol. The number of nitrogens with zero attached hydrogens (tertiary/aromatic N) is 2. The summed E-state index contributed by atoms with van der Waals surface area (Å²) >= 11 is 5.12. The van der Waals surface area contributed by atoms with Gasteiger partial charge in [0.25, 0.3) is 0 Å². The molecule has 5 heteroatoms. The van der Waals surface area contributed by atoms with Crippen molar-refractivity contribution < 1.29 is 4.74 Å². The van der Waals surface area contributed by atoms with Gasteiger partial charge in [0, 0.05) is 25.4 Å². The summed E-state index contributed by atoms with van der Waals surface area (Å²) in [5.74, 6) is 0.900. The second-order valence-electron chi connectivity index (χ2n) is 4.85. The fourth-order valence-electron chi connectivity index (χ4n) is 2.48. The number of aromatic nitrogens is 1. The predicted molar refractivity (Wildman–Crippen MR) is 81.7 cm³/mol. The van der Waals surface area contributed by atoms with Crippen LogP contribution >= 0.6 is 12.2 Å². The maximum atomic E-state index is 5.80. The molecule has 0 amide bonds. The van der Waals surface area contributed by atoms with E-state index in [9.17, 15) is 0 Å². The van der Waals surface area contributed by atoms with Crippen molar-refractivity contribution in [1.82, 2.24) is 4.98 Å². The minimum atomic E-state index is 0.278. The maximum absolute atomic E-state index is 5.80. The smallest absolute Gasteiger partial charge is 0.139 e. The Kier molecular flexibility index (Phi) is 4.71. The molecule has 1 fully saturated rings. The highest BCUT2D eigenvalue weighted by atomic mass is 32.1. The van der Waals surface area contributed by atoms with Gasteiger partial charge in [-0.1, -0.05) is 12.2 Å². The minimum Gasteiger partial charge on any atom is -0.389 e. The lowest BCUT2D eigenvalue weighted by molar-refractivity contribution is 0.0525. The van der Waals surface area contributed by atoms with Crippen molar-refractivity contribution in [3.8, 4) is 0 Å². The lowest BCUT2D eigenvalue weighted by atomic mass is 10.1. The SMILES string of the molecule is CCOC1CCCN(c2nc(C)ccc2C(N)=S)C1. The van der Waals surface area contributed by atoms with Crippen LogP contribution in [-0.4, -0.2) is 35.8 Å². The van der Waals surface area contributed by atoms with Crippen LogP contribution < -0.4 is 10.6 Å². The lowest BCUT2D eigenvalue weighted by Crippen LogP contribution is -2.41. The first-order valence-corrected chi connectivity index (χ1v) is 7.16. The number of ether oxygens (including phenoxy) is 1. The molecule has 0 spiro atoms. The van der Waals surface area contributed by atoms with Gasteiger partial charge in [0.2, 0.25) is 0 Å². The Hall–Kier alpha value is -1.20. The molecule has 104 valence electrons. The topological polar surface area (TPSA) is 51.4 Å². The zero-order valence-corrected chi connectivity index (χ0v) is 12.4. The summed E-state index contributed by atoms with van der Waals surface area (Å²) in [4.78, 5) is 7.26. The molecule has 19 heavy (non-hydrogen) atoms. The lowest BCUT2D eigenvalue weighted by Gasteiger charge is -2.34. The Bertz CT molecular complexity index is 462. The number of hydrogen-bond acceptors (Lipinski definition) is 4. The molecule has 0 bridgehead atoms. The van der Waals surface area contributed by atoms with Gasteiger partial charge in [-0.2, -0.15) is 0 Å². The number of nitrogens with two attached hydrogens (primary N) is 1. The van der Waals surface area contributed by atoms with Crippen molar-refractivity contribution in [2.24, 2.45) is 5.73 Å². The molecular weight excluding hydrogens is 258 g/mol. The molecule has 2 N–H and O–H groups in total. The third kappa shape index (κ3) is 3.42. The second-order valence-corrected chi connectivity index (χ2v) is 5.29. The first-order valence-electron chi connectivity index (χ1n) is 6.75. The van der Waals surface area contributed by atoms with E-state index in [1.165, 1.54) is 0 Å². The number of aryl methyl sites for hydroxylation is 1. The van der Waals surface area contributed by atoms with Crippen molar-refractivity contribution in [3.05, 3.63) is 23.4 Å². The van der Waals surface area contributed by atoms with E-state index in [-0.39, 0.29) is 6.10 Å². The van der Waals surface area contributed by atoms with Gasteiger partial charge >= 0.3 is 0 Å². The molecule has 2 rings (SSSR count). The molecule has 1 aromatic rings. The van der Waals surface area contributed by atoms with Crippen molar-refractivity contribution in [1.29, 1.82) is 0 Å². The molecule has 0 radical (unpaired) electrons. The van der Waals surface area contributed by atoms with Crippen LogP contribution in [0.25, 0.3) is 0 Å². The quantitative estimate of drug-likeness (QED) is 0.855. The molecule has 1 aliphatic rings. The molecule has 1 unspecified atom stereocenters. The predicted octanol–water partition coefficient (Wildman–Crippen LogP) is 2.03. The summed E-state index contributed by atoms with van der Waals surface area (Å²) in [6.07, 6.45) is 2.50. The van der Waals surface area contributed by atoms with Crippen molar-refractivity contribution in [2.45, 2.75) is 32.8 Å². The minimum absolute atomic E-state index is 0.278. The number of piperidine rings is 1. The van der Waals surface area contributed by atoms with Crippen molar-refractivity contribution >= 4 is 23.0 Å². The Morgan fingerprint density at radius 2 is 2.37 bits per heavy atom. The van der Waals surface area contributed by atoms with Crippen LogP contribution in [0.5, 0.6) is 0 Å². The number of anilines is 1. The van der Waals surface area contributed by atoms with Crippen LogP contribution in [-0.2, 0) is 4.74 Å². The first kappa shape index (κ1) is 14.2. The van der Waals surface area contributed by atoms with Gasteiger partial charge in [-0.05, 0) is 38.8 Å². The van der Waals surface area contributed by atoms with Crippen LogP contribution in [0, 0.1) is 6.92 Å². The number of pyridine rings is 1. The van der Waals surface area contributed by atoms with Gasteiger partial charge in [-0.3, -0.25) is 0 Å². The van der Waals surface area contributed by atoms with Gasteiger partial charge in [0.1, 0.15) is 10.8 Å². The zero-order chi connectivity index (χ0) is 13.8. The molecule has 2 heterocycles. The molecule has 4 nitrogen and oxygen atoms in total. The zero-order valence-electron chi connectivity index (χ0n) is 11.6. The van der Waals surface area contributed by atoms with Crippen LogP contribution in [0.1, 0.15) is 31.0 Å². The molecule has 0 aromatic carbocycles. The second kappa shape index (κ2) is 6.30. The fourth-order valence-corrected chi connectivity index (χ4v) is 2.64. The van der Waals surface area contributed by atoms with Gasteiger partial charge in [-0.25, -0.2) is 4.98 Å². The normalized spacial score (nSPS) is 19.5. The molecule has 1 aliphatic heterocycles. The highest BCUT2D eigenvalue weighted by Crippen LogP contribution is 2.23. The summed E-state index contributed by atoms with van der Waals surface area (Å²) in [6.45, 7) is 6.61. The Balaban J connectivity index is 2.24. The van der Waals surface area contributed by atoms with Crippen LogP contribution in [0.4, 0.5) is 5.82 Å². The highest BCUT2D eigenvalue weighted by molar-refractivity contribution is 7.80. The van der Waals surface area contributed by atoms with E-state index in [0.717, 1.165) is 49.6 Å². The van der Waals surface area contributed by atoms with E-state index in [1.54, 1.807) is 0 Å². The Morgan fingerprint density at radius 3 is 3.05 bits per heavy atom. The largest absolute Gasteiger partial charge is 0.389 e. The number of hydrogen-bond donors (Lipinski definition) is 1. The van der Waals surface area contributed by atoms with E-state index in [1.807, 2.05) is 26.0 Å². The summed E-state index contributed by atoms with van der Waals surface area (Å²) in [5, 5.41) is 0. The first-order chi connectivity index (χ1) is 9.11. The van der Waals surface area contributed by atoms with E-state index in [4.69, 9.17) is 22.7 Å². The molecule has 0 aliphatic carbocycles. The van der Waals surface area contributed by atoms with E-state index in [2.05, 4.69) is 9.88 Å². The monoisotopic (exact) mass is 279 g/mol. The van der Waals surface area contributed by atoms with Gasteiger partial charge in [0.15, 0.2) is 0 Å². The number of rotatable bonds is 4. The van der Waals surface area contributed by atoms with Crippen molar-refractivity contribution in [2.75, 3.05) is 24.6 Å². The Morgan fingerprint density at radius 1 is 1.58 bits per heavy atom. The summed E-state index contributed by atoms with van der Waals surface area (Å²) in [6, 6.07) is 3.91. The average Bonchev–Trinajstić information content (AvgIpc) is 2.39. The molecule has 1 atom stereocenters. The molecule has 1 saturated heterocycles. The molecule has 0 saturated carbocycles. The van der Waals surface area contributed by atoms with Crippen LogP contribution in [0.3, 0.4) is 0 Å². The maximum Gasteiger partial charge on any atom is 0.139 e. The standard InChI is InChI=1S/C14H21N3OS/c1-3-18-11-5-4-8-17(9-11)14-12(13(15)19)7-6-10(2)16-14/h6-7,11H,3-5,8-9H2,1-2H3,(H2,15,19). The summed E-state index contributed by atoms with van der Waals surface area (Å²) < 4.78 is 5.73. The summed E-state index contributed by atoms with van der Waals surface area (Å²) in [5.41, 5.74) is 7.64. The third-order valence-corrected chi connectivity index (χ3v) is 3.58. The van der Waals surface area contributed by atoms with E-state index < -0.39 is 0 Å². The van der Waals surface area contributed by atoms with Crippen LogP contribution in [0.15, 0.2) is 12.1 Å². The van der Waals surface area contributed by atoms with E-state index >= 15 is 0 Å². The van der Waals surface area contributed by atoms with Crippen molar-refractivity contribution in [3.63, 3.8) is 0 Å². The molecular formula is C14H21N3OS. The highest BCUT2D eigenvalue weighted by Gasteiger charge is 2.23. The van der Waals surface area contributed by atoms with Gasteiger partial charge in [-0.15, -0.1) is 0 Å². The van der Waals surface area contributed by atoms with Gasteiger partial charge in [0.05, 0.1) is 11.7 Å². The Labute approximate surface area is 120 Å².